The number of hydrogen-bond donors (Lipinski definition) is 0. The zero-order chi connectivity index (χ0) is 14.3. The minimum atomic E-state index is -1.10. The van der Waals surface area contributed by atoms with E-state index in [9.17, 15) is 14.5 Å². The molecule has 0 radical (unpaired) electrons. The zero-order valence-electron chi connectivity index (χ0n) is 10.9. The second kappa shape index (κ2) is 5.29. The Bertz CT molecular complexity index is 520. The monoisotopic (exact) mass is 302 g/mol. The van der Waals surface area contributed by atoms with E-state index in [1.807, 2.05) is 0 Å². The van der Waals surface area contributed by atoms with Gasteiger partial charge >= 0.3 is 5.69 Å². The molecule has 0 bridgehead atoms. The number of halogens is 2. The van der Waals surface area contributed by atoms with Crippen molar-refractivity contribution in [2.24, 2.45) is 0 Å². The van der Waals surface area contributed by atoms with E-state index >= 15 is 0 Å². The number of nitrogens with zero attached hydrogens (tertiary/aromatic N) is 4. The Labute approximate surface area is 120 Å². The maximum atomic E-state index is 14.4. The highest BCUT2D eigenvalue weighted by Gasteiger charge is 2.37. The van der Waals surface area contributed by atoms with Gasteiger partial charge in [-0.05, 0) is 19.3 Å². The summed E-state index contributed by atoms with van der Waals surface area (Å²) in [6, 6.07) is 0.00385. The summed E-state index contributed by atoms with van der Waals surface area (Å²) in [7, 11) is 0. The van der Waals surface area contributed by atoms with Gasteiger partial charge in [0, 0.05) is 19.1 Å². The second-order valence-electron chi connectivity index (χ2n) is 5.47. The highest BCUT2D eigenvalue weighted by molar-refractivity contribution is 6.31. The molecule has 0 aromatic carbocycles. The quantitative estimate of drug-likeness (QED) is 0.636. The molecule has 1 aromatic heterocycles. The Morgan fingerprint density at radius 2 is 2.20 bits per heavy atom. The second-order valence-corrected chi connectivity index (χ2v) is 5.83. The summed E-state index contributed by atoms with van der Waals surface area (Å²) in [5.74, 6) is 0. The Balaban J connectivity index is 1.73. The number of rotatable bonds is 3. The molecule has 8 heteroatoms. The van der Waals surface area contributed by atoms with E-state index in [1.54, 1.807) is 0 Å². The number of piperidine rings is 1. The lowest BCUT2D eigenvalue weighted by molar-refractivity contribution is -0.384. The summed E-state index contributed by atoms with van der Waals surface area (Å²) in [6.07, 6.45) is 4.08. The fraction of sp³-hybridized carbons (Fsp3) is 0.750. The molecule has 0 N–H and O–H groups in total. The maximum Gasteiger partial charge on any atom is 0.325 e. The normalized spacial score (nSPS) is 28.3. The van der Waals surface area contributed by atoms with Crippen LogP contribution in [0, 0.1) is 10.1 Å². The summed E-state index contributed by atoms with van der Waals surface area (Å²) in [6.45, 7) is 1.15. The summed E-state index contributed by atoms with van der Waals surface area (Å²) in [5.41, 5.74) is -0.264. The molecule has 0 spiro atoms. The van der Waals surface area contributed by atoms with E-state index in [4.69, 9.17) is 11.6 Å². The van der Waals surface area contributed by atoms with Crippen LogP contribution in [0.4, 0.5) is 10.1 Å². The van der Waals surface area contributed by atoms with Crippen LogP contribution in [0.3, 0.4) is 0 Å². The van der Waals surface area contributed by atoms with Crippen molar-refractivity contribution in [2.75, 3.05) is 13.1 Å². The van der Waals surface area contributed by atoms with Crippen LogP contribution >= 0.6 is 11.6 Å². The molecule has 2 unspecified atom stereocenters. The van der Waals surface area contributed by atoms with Gasteiger partial charge in [-0.15, -0.1) is 0 Å². The third-order valence-electron chi connectivity index (χ3n) is 4.36. The number of alkyl halides is 1. The van der Waals surface area contributed by atoms with Crippen molar-refractivity contribution in [3.63, 3.8) is 0 Å². The van der Waals surface area contributed by atoms with Crippen LogP contribution in [0.1, 0.15) is 31.7 Å². The Hall–Kier alpha value is -1.21. The average Bonchev–Trinajstić information content (AvgIpc) is 2.69. The van der Waals surface area contributed by atoms with Gasteiger partial charge in [-0.2, -0.15) is 5.10 Å². The van der Waals surface area contributed by atoms with Gasteiger partial charge in [0.15, 0.2) is 0 Å². The van der Waals surface area contributed by atoms with Crippen LogP contribution in [0.25, 0.3) is 0 Å². The lowest BCUT2D eigenvalue weighted by Gasteiger charge is -2.43. The van der Waals surface area contributed by atoms with Crippen molar-refractivity contribution >= 4 is 17.3 Å². The topological polar surface area (TPSA) is 64.2 Å². The summed E-state index contributed by atoms with van der Waals surface area (Å²) >= 11 is 5.93. The van der Waals surface area contributed by atoms with E-state index in [1.165, 1.54) is 11.1 Å². The molecule has 3 rings (SSSR count). The van der Waals surface area contributed by atoms with Crippen LogP contribution in [0.5, 0.6) is 0 Å². The van der Waals surface area contributed by atoms with Crippen molar-refractivity contribution in [1.29, 1.82) is 0 Å². The van der Waals surface area contributed by atoms with Crippen molar-refractivity contribution in [2.45, 2.75) is 43.9 Å². The Kier molecular flexibility index (Phi) is 3.64. The fourth-order valence-corrected chi connectivity index (χ4v) is 3.25. The number of likely N-dealkylation sites (tertiary alicyclic amines) is 1. The standard InChI is InChI=1S/C12H16ClFN4O2/c13-12-11(18(19)20)6-15-17(12)10-4-5-16(7-9(10)14)8-2-1-3-8/h6,8-10H,1-5,7H2. The minimum absolute atomic E-state index is 0.0836. The molecule has 2 aliphatic rings. The number of aromatic nitrogens is 2. The van der Waals surface area contributed by atoms with Crippen LogP contribution in [-0.2, 0) is 0 Å². The summed E-state index contributed by atoms with van der Waals surface area (Å²) in [5, 5.41) is 14.6. The molecule has 2 atom stereocenters. The summed E-state index contributed by atoms with van der Waals surface area (Å²) in [4.78, 5) is 12.3. The third-order valence-corrected chi connectivity index (χ3v) is 4.72. The van der Waals surface area contributed by atoms with Gasteiger partial charge in [0.05, 0.1) is 11.0 Å². The fourth-order valence-electron chi connectivity index (χ4n) is 2.97. The first-order valence-corrected chi connectivity index (χ1v) is 7.21. The molecule has 2 heterocycles. The largest absolute Gasteiger partial charge is 0.325 e. The van der Waals surface area contributed by atoms with Crippen molar-refractivity contribution < 1.29 is 9.31 Å². The van der Waals surface area contributed by atoms with Crippen LogP contribution in [-0.4, -0.2) is 44.9 Å². The maximum absolute atomic E-state index is 14.4. The van der Waals surface area contributed by atoms with Gasteiger partial charge in [0.2, 0.25) is 5.15 Å². The molecule has 110 valence electrons. The molecule has 20 heavy (non-hydrogen) atoms. The molecule has 0 amide bonds. The molecule has 1 aliphatic carbocycles. The molecule has 1 aromatic rings. The number of nitro groups is 1. The third kappa shape index (κ3) is 2.29. The van der Waals surface area contributed by atoms with Crippen LogP contribution < -0.4 is 0 Å². The Morgan fingerprint density at radius 3 is 2.70 bits per heavy atom. The lowest BCUT2D eigenvalue weighted by Crippen LogP contribution is -2.49. The molecule has 2 fully saturated rings. The lowest BCUT2D eigenvalue weighted by atomic mass is 9.89. The summed E-state index contributed by atoms with van der Waals surface area (Å²) < 4.78 is 15.6. The van der Waals surface area contributed by atoms with Crippen LogP contribution in [0.15, 0.2) is 6.20 Å². The smallest absolute Gasteiger partial charge is 0.297 e. The highest BCUT2D eigenvalue weighted by Crippen LogP contribution is 2.35. The van der Waals surface area contributed by atoms with E-state index < -0.39 is 17.1 Å². The van der Waals surface area contributed by atoms with Gasteiger partial charge in [0.25, 0.3) is 0 Å². The van der Waals surface area contributed by atoms with Gasteiger partial charge in [-0.1, -0.05) is 18.0 Å². The van der Waals surface area contributed by atoms with Gasteiger partial charge in [0.1, 0.15) is 12.4 Å². The van der Waals surface area contributed by atoms with Gasteiger partial charge in [-0.25, -0.2) is 9.07 Å². The van der Waals surface area contributed by atoms with Crippen molar-refractivity contribution in [3.05, 3.63) is 21.5 Å². The predicted octanol–water partition coefficient (Wildman–Crippen LogP) is 2.58. The highest BCUT2D eigenvalue weighted by atomic mass is 35.5. The number of hydrogen-bond acceptors (Lipinski definition) is 4. The zero-order valence-corrected chi connectivity index (χ0v) is 11.7. The molecule has 1 saturated heterocycles. The Morgan fingerprint density at radius 1 is 1.45 bits per heavy atom. The minimum Gasteiger partial charge on any atom is -0.297 e. The predicted molar refractivity (Wildman–Crippen MR) is 71.7 cm³/mol. The average molecular weight is 303 g/mol. The van der Waals surface area contributed by atoms with E-state index in [0.717, 1.165) is 25.6 Å². The van der Waals surface area contributed by atoms with Gasteiger partial charge in [-0.3, -0.25) is 15.0 Å². The van der Waals surface area contributed by atoms with Crippen molar-refractivity contribution in [3.8, 4) is 0 Å². The SMILES string of the molecule is O=[N+]([O-])c1cnn(C2CCN(C3CCC3)CC2F)c1Cl. The van der Waals surface area contributed by atoms with Gasteiger partial charge < -0.3 is 0 Å². The van der Waals surface area contributed by atoms with E-state index in [2.05, 4.69) is 10.00 Å². The van der Waals surface area contributed by atoms with Crippen molar-refractivity contribution in [1.82, 2.24) is 14.7 Å². The van der Waals surface area contributed by atoms with Crippen LogP contribution in [0.2, 0.25) is 5.15 Å². The van der Waals surface area contributed by atoms with E-state index in [-0.39, 0.29) is 10.8 Å². The van der Waals surface area contributed by atoms with E-state index in [0.29, 0.717) is 19.0 Å². The first kappa shape index (κ1) is 13.8. The molecule has 1 aliphatic heterocycles. The molecular formula is C12H16ClFN4O2. The molecular weight excluding hydrogens is 287 g/mol. The molecule has 6 nitrogen and oxygen atoms in total. The first-order chi connectivity index (χ1) is 9.58. The molecule has 1 saturated carbocycles. The first-order valence-electron chi connectivity index (χ1n) is 6.83.